The summed E-state index contributed by atoms with van der Waals surface area (Å²) >= 11 is 0. The maximum absolute atomic E-state index is 12.4. The first-order chi connectivity index (χ1) is 14.0. The summed E-state index contributed by atoms with van der Waals surface area (Å²) in [6.07, 6.45) is 1.84. The summed E-state index contributed by atoms with van der Waals surface area (Å²) in [6.45, 7) is 0.946. The van der Waals surface area contributed by atoms with Crippen molar-refractivity contribution in [3.05, 3.63) is 59.7 Å². The maximum atomic E-state index is 12.4. The molecular formula is C21H22N2O6. The first-order valence-corrected chi connectivity index (χ1v) is 9.27. The second-order valence-electron chi connectivity index (χ2n) is 6.56. The van der Waals surface area contributed by atoms with E-state index in [0.717, 1.165) is 12.8 Å². The zero-order chi connectivity index (χ0) is 20.6. The van der Waals surface area contributed by atoms with E-state index in [1.165, 1.54) is 12.1 Å². The van der Waals surface area contributed by atoms with Crippen LogP contribution < -0.4 is 15.4 Å². The van der Waals surface area contributed by atoms with Crippen LogP contribution in [0.25, 0.3) is 0 Å². The quantitative estimate of drug-likeness (QED) is 0.660. The van der Waals surface area contributed by atoms with Crippen LogP contribution in [0.15, 0.2) is 48.5 Å². The first-order valence-electron chi connectivity index (χ1n) is 9.27. The Bertz CT molecular complexity index is 858. The van der Waals surface area contributed by atoms with Gasteiger partial charge in [-0.15, -0.1) is 0 Å². The van der Waals surface area contributed by atoms with Gasteiger partial charge in [0.05, 0.1) is 13.2 Å². The van der Waals surface area contributed by atoms with Crippen molar-refractivity contribution in [3.63, 3.8) is 0 Å². The van der Waals surface area contributed by atoms with Gasteiger partial charge in [0.1, 0.15) is 18.4 Å². The van der Waals surface area contributed by atoms with E-state index in [0.29, 0.717) is 35.8 Å². The molecule has 0 atom stereocenters. The SMILES string of the molecule is O=C(O)CNC(=O)c1ccc(NC(=O)c2ccc(OC3CCOCC3)cc2)cc1. The Morgan fingerprint density at radius 2 is 1.52 bits per heavy atom. The predicted octanol–water partition coefficient (Wildman–Crippen LogP) is 2.31. The van der Waals surface area contributed by atoms with E-state index in [2.05, 4.69) is 10.6 Å². The Hall–Kier alpha value is -3.39. The Morgan fingerprint density at radius 1 is 0.931 bits per heavy atom. The molecule has 0 bridgehead atoms. The Balaban J connectivity index is 1.54. The molecule has 0 unspecified atom stereocenters. The number of carbonyl (C=O) groups is 3. The Kier molecular flexibility index (Phi) is 6.80. The molecule has 0 spiro atoms. The Morgan fingerprint density at radius 3 is 2.14 bits per heavy atom. The molecule has 1 saturated heterocycles. The lowest BCUT2D eigenvalue weighted by atomic mass is 10.1. The van der Waals surface area contributed by atoms with Gasteiger partial charge in [0.25, 0.3) is 11.8 Å². The van der Waals surface area contributed by atoms with Gasteiger partial charge in [-0.25, -0.2) is 0 Å². The van der Waals surface area contributed by atoms with Crippen molar-refractivity contribution in [1.29, 1.82) is 0 Å². The molecule has 0 aromatic heterocycles. The lowest BCUT2D eigenvalue weighted by Gasteiger charge is -2.23. The highest BCUT2D eigenvalue weighted by Gasteiger charge is 2.15. The molecule has 3 rings (SSSR count). The van der Waals surface area contributed by atoms with Gasteiger partial charge < -0.3 is 25.2 Å². The van der Waals surface area contributed by atoms with Gasteiger partial charge >= 0.3 is 5.97 Å². The zero-order valence-corrected chi connectivity index (χ0v) is 15.7. The molecule has 8 heteroatoms. The minimum absolute atomic E-state index is 0.134. The fourth-order valence-corrected chi connectivity index (χ4v) is 2.84. The summed E-state index contributed by atoms with van der Waals surface area (Å²) in [5.74, 6) is -1.19. The van der Waals surface area contributed by atoms with Crippen LogP contribution in [0, 0.1) is 0 Å². The predicted molar refractivity (Wildman–Crippen MR) is 105 cm³/mol. The van der Waals surface area contributed by atoms with Crippen molar-refractivity contribution in [2.24, 2.45) is 0 Å². The van der Waals surface area contributed by atoms with Crippen molar-refractivity contribution in [2.75, 3.05) is 25.1 Å². The smallest absolute Gasteiger partial charge is 0.322 e. The Labute approximate surface area is 167 Å². The molecule has 1 aliphatic rings. The number of carboxylic acid groups (broad SMARTS) is 1. The molecule has 3 N–H and O–H groups in total. The molecular weight excluding hydrogens is 376 g/mol. The van der Waals surface area contributed by atoms with Crippen LogP contribution in [-0.2, 0) is 9.53 Å². The third-order valence-corrected chi connectivity index (χ3v) is 4.39. The summed E-state index contributed by atoms with van der Waals surface area (Å²) < 4.78 is 11.2. The van der Waals surface area contributed by atoms with E-state index in [1.807, 2.05) is 0 Å². The highest BCUT2D eigenvalue weighted by Crippen LogP contribution is 2.19. The molecule has 0 saturated carbocycles. The molecule has 1 aliphatic heterocycles. The van der Waals surface area contributed by atoms with Crippen molar-refractivity contribution in [2.45, 2.75) is 18.9 Å². The van der Waals surface area contributed by atoms with Crippen LogP contribution in [0.5, 0.6) is 5.75 Å². The highest BCUT2D eigenvalue weighted by atomic mass is 16.5. The average Bonchev–Trinajstić information content (AvgIpc) is 2.74. The highest BCUT2D eigenvalue weighted by molar-refractivity contribution is 6.04. The van der Waals surface area contributed by atoms with E-state index in [1.54, 1.807) is 36.4 Å². The third kappa shape index (κ3) is 6.05. The van der Waals surface area contributed by atoms with Gasteiger partial charge in [-0.05, 0) is 48.5 Å². The van der Waals surface area contributed by atoms with Crippen molar-refractivity contribution in [1.82, 2.24) is 5.32 Å². The number of rotatable bonds is 7. The minimum atomic E-state index is -1.12. The monoisotopic (exact) mass is 398 g/mol. The molecule has 2 amide bonds. The number of nitrogens with one attached hydrogen (secondary N) is 2. The lowest BCUT2D eigenvalue weighted by molar-refractivity contribution is -0.135. The summed E-state index contributed by atoms with van der Waals surface area (Å²) in [5.41, 5.74) is 1.30. The number of carbonyl (C=O) groups excluding carboxylic acids is 2. The average molecular weight is 398 g/mol. The number of carboxylic acids is 1. The third-order valence-electron chi connectivity index (χ3n) is 4.39. The van der Waals surface area contributed by atoms with Crippen molar-refractivity contribution in [3.8, 4) is 5.75 Å². The lowest BCUT2D eigenvalue weighted by Crippen LogP contribution is -2.29. The summed E-state index contributed by atoms with van der Waals surface area (Å²) in [6, 6.07) is 13.1. The molecule has 1 heterocycles. The molecule has 8 nitrogen and oxygen atoms in total. The number of amides is 2. The maximum Gasteiger partial charge on any atom is 0.322 e. The summed E-state index contributed by atoms with van der Waals surface area (Å²) in [4.78, 5) is 34.7. The molecule has 0 radical (unpaired) electrons. The van der Waals surface area contributed by atoms with Crippen LogP contribution in [0.1, 0.15) is 33.6 Å². The summed E-state index contributed by atoms with van der Waals surface area (Å²) in [7, 11) is 0. The second kappa shape index (κ2) is 9.70. The van der Waals surface area contributed by atoms with Gasteiger partial charge in [0, 0.05) is 29.7 Å². The normalized spacial score (nSPS) is 14.1. The number of aliphatic carboxylic acids is 1. The van der Waals surface area contributed by atoms with E-state index in [4.69, 9.17) is 14.6 Å². The van der Waals surface area contributed by atoms with Gasteiger partial charge in [-0.3, -0.25) is 14.4 Å². The molecule has 1 fully saturated rings. The number of ether oxygens (including phenoxy) is 2. The zero-order valence-electron chi connectivity index (χ0n) is 15.7. The van der Waals surface area contributed by atoms with Crippen LogP contribution in [0.2, 0.25) is 0 Å². The molecule has 29 heavy (non-hydrogen) atoms. The van der Waals surface area contributed by atoms with E-state index >= 15 is 0 Å². The second-order valence-corrected chi connectivity index (χ2v) is 6.56. The van der Waals surface area contributed by atoms with E-state index in [9.17, 15) is 14.4 Å². The van der Waals surface area contributed by atoms with Gasteiger partial charge in [-0.1, -0.05) is 0 Å². The number of hydrogen-bond acceptors (Lipinski definition) is 5. The van der Waals surface area contributed by atoms with Crippen LogP contribution in [-0.4, -0.2) is 48.8 Å². The number of anilines is 1. The van der Waals surface area contributed by atoms with Crippen molar-refractivity contribution >= 4 is 23.5 Å². The van der Waals surface area contributed by atoms with Crippen molar-refractivity contribution < 1.29 is 29.0 Å². The van der Waals surface area contributed by atoms with E-state index in [-0.39, 0.29) is 12.0 Å². The topological polar surface area (TPSA) is 114 Å². The first kappa shape index (κ1) is 20.3. The standard InChI is InChI=1S/C21H22N2O6/c24-19(25)13-22-20(26)14-1-5-16(6-2-14)23-21(27)15-3-7-17(8-4-15)29-18-9-11-28-12-10-18/h1-8,18H,9-13H2,(H,22,26)(H,23,27)(H,24,25). The van der Waals surface area contributed by atoms with Crippen LogP contribution >= 0.6 is 0 Å². The molecule has 2 aromatic carbocycles. The minimum Gasteiger partial charge on any atom is -0.490 e. The van der Waals surface area contributed by atoms with Gasteiger partial charge in [-0.2, -0.15) is 0 Å². The van der Waals surface area contributed by atoms with Crippen LogP contribution in [0.3, 0.4) is 0 Å². The number of hydrogen-bond donors (Lipinski definition) is 3. The number of benzene rings is 2. The molecule has 152 valence electrons. The largest absolute Gasteiger partial charge is 0.490 e. The summed E-state index contributed by atoms with van der Waals surface area (Å²) in [5, 5.41) is 13.6. The molecule has 0 aliphatic carbocycles. The van der Waals surface area contributed by atoms with Gasteiger partial charge in [0.2, 0.25) is 0 Å². The molecule has 2 aromatic rings. The fraction of sp³-hybridized carbons (Fsp3) is 0.286. The van der Waals surface area contributed by atoms with Crippen LogP contribution in [0.4, 0.5) is 5.69 Å². The fourth-order valence-electron chi connectivity index (χ4n) is 2.84. The van der Waals surface area contributed by atoms with E-state index < -0.39 is 18.4 Å². The van der Waals surface area contributed by atoms with Gasteiger partial charge in [0.15, 0.2) is 0 Å².